The van der Waals surface area contributed by atoms with Crippen molar-refractivity contribution < 1.29 is 9.53 Å². The van der Waals surface area contributed by atoms with Crippen LogP contribution in [0.15, 0.2) is 30.5 Å². The Kier molecular flexibility index (Phi) is 3.51. The lowest BCUT2D eigenvalue weighted by molar-refractivity contribution is 0.0508. The van der Waals surface area contributed by atoms with Gasteiger partial charge in [0, 0.05) is 17.1 Å². The number of fused-ring (bicyclic) bond motifs is 1. The van der Waals surface area contributed by atoms with Crippen LogP contribution in [0.5, 0.6) is 0 Å². The maximum atomic E-state index is 11.8. The Labute approximate surface area is 113 Å². The van der Waals surface area contributed by atoms with Crippen LogP contribution in [0, 0.1) is 0 Å². The van der Waals surface area contributed by atoms with Gasteiger partial charge in [0.05, 0.1) is 6.04 Å². The summed E-state index contributed by atoms with van der Waals surface area (Å²) in [6, 6.07) is 7.91. The molecule has 1 aromatic carbocycles. The van der Waals surface area contributed by atoms with Crippen molar-refractivity contribution in [3.05, 3.63) is 36.0 Å². The summed E-state index contributed by atoms with van der Waals surface area (Å²) >= 11 is 0. The number of ether oxygens (including phenoxy) is 1. The summed E-state index contributed by atoms with van der Waals surface area (Å²) in [5.74, 6) is 0. The first kappa shape index (κ1) is 13.5. The smallest absolute Gasteiger partial charge is 0.408 e. The van der Waals surface area contributed by atoms with E-state index in [4.69, 9.17) is 4.74 Å². The van der Waals surface area contributed by atoms with E-state index in [0.29, 0.717) is 0 Å². The minimum Gasteiger partial charge on any atom is -0.444 e. The van der Waals surface area contributed by atoms with Gasteiger partial charge >= 0.3 is 6.09 Å². The second-order valence-corrected chi connectivity index (χ2v) is 5.66. The summed E-state index contributed by atoms with van der Waals surface area (Å²) < 4.78 is 5.26. The van der Waals surface area contributed by atoms with Gasteiger partial charge in [-0.2, -0.15) is 0 Å². The Morgan fingerprint density at radius 2 is 2.00 bits per heavy atom. The van der Waals surface area contributed by atoms with Crippen molar-refractivity contribution in [2.24, 2.45) is 0 Å². The number of benzene rings is 1. The van der Waals surface area contributed by atoms with Crippen LogP contribution in [0.4, 0.5) is 4.79 Å². The van der Waals surface area contributed by atoms with Gasteiger partial charge in [-0.05, 0) is 39.3 Å². The lowest BCUT2D eigenvalue weighted by atomic mass is 10.1. The maximum absolute atomic E-state index is 11.8. The molecular formula is C15H20N2O2. The van der Waals surface area contributed by atoms with Crippen LogP contribution >= 0.6 is 0 Å². The van der Waals surface area contributed by atoms with Crippen molar-refractivity contribution in [2.75, 3.05) is 0 Å². The maximum Gasteiger partial charge on any atom is 0.408 e. The van der Waals surface area contributed by atoms with Gasteiger partial charge in [0.2, 0.25) is 0 Å². The predicted octanol–water partition coefficient (Wildman–Crippen LogP) is 3.75. The van der Waals surface area contributed by atoms with Crippen LogP contribution in [0.25, 0.3) is 10.9 Å². The van der Waals surface area contributed by atoms with Crippen molar-refractivity contribution in [1.82, 2.24) is 10.3 Å². The summed E-state index contributed by atoms with van der Waals surface area (Å²) in [4.78, 5) is 15.0. The third-order valence-electron chi connectivity index (χ3n) is 2.82. The number of para-hydroxylation sites is 1. The first-order valence-electron chi connectivity index (χ1n) is 6.42. The van der Waals surface area contributed by atoms with Gasteiger partial charge in [-0.25, -0.2) is 4.79 Å². The molecule has 1 aromatic heterocycles. The van der Waals surface area contributed by atoms with E-state index in [1.54, 1.807) is 0 Å². The highest BCUT2D eigenvalue weighted by atomic mass is 16.6. The summed E-state index contributed by atoms with van der Waals surface area (Å²) in [5, 5.41) is 3.97. The summed E-state index contributed by atoms with van der Waals surface area (Å²) in [6.45, 7) is 7.49. The zero-order valence-electron chi connectivity index (χ0n) is 11.8. The van der Waals surface area contributed by atoms with Gasteiger partial charge in [0.1, 0.15) is 5.60 Å². The van der Waals surface area contributed by atoms with Gasteiger partial charge in [0.25, 0.3) is 0 Å². The van der Waals surface area contributed by atoms with Gasteiger partial charge in [-0.1, -0.05) is 18.2 Å². The molecular weight excluding hydrogens is 240 g/mol. The summed E-state index contributed by atoms with van der Waals surface area (Å²) in [6.07, 6.45) is 1.53. The Balaban J connectivity index is 2.12. The van der Waals surface area contributed by atoms with Crippen molar-refractivity contribution in [2.45, 2.75) is 39.3 Å². The van der Waals surface area contributed by atoms with E-state index in [0.717, 1.165) is 16.5 Å². The summed E-state index contributed by atoms with van der Waals surface area (Å²) in [7, 11) is 0. The Morgan fingerprint density at radius 3 is 2.68 bits per heavy atom. The van der Waals surface area contributed by atoms with E-state index in [1.807, 2.05) is 58.2 Å². The molecule has 2 N–H and O–H groups in total. The molecule has 19 heavy (non-hydrogen) atoms. The normalized spacial score (nSPS) is 13.3. The number of nitrogens with one attached hydrogen (secondary N) is 2. The number of rotatable bonds is 2. The highest BCUT2D eigenvalue weighted by Crippen LogP contribution is 2.23. The lowest BCUT2D eigenvalue weighted by Gasteiger charge is -2.21. The molecule has 0 saturated carbocycles. The molecule has 0 fully saturated rings. The molecule has 102 valence electrons. The van der Waals surface area contributed by atoms with Crippen LogP contribution in [0.1, 0.15) is 39.3 Å². The van der Waals surface area contributed by atoms with Crippen LogP contribution in [0.2, 0.25) is 0 Å². The molecule has 0 aliphatic carbocycles. The molecule has 0 bridgehead atoms. The van der Waals surface area contributed by atoms with Crippen molar-refractivity contribution in [1.29, 1.82) is 0 Å². The number of carbonyl (C=O) groups is 1. The number of hydrogen-bond acceptors (Lipinski definition) is 2. The Morgan fingerprint density at radius 1 is 1.32 bits per heavy atom. The fourth-order valence-electron chi connectivity index (χ4n) is 2.01. The van der Waals surface area contributed by atoms with E-state index >= 15 is 0 Å². The second-order valence-electron chi connectivity index (χ2n) is 5.66. The number of carbonyl (C=O) groups excluding carboxylic acids is 1. The fourth-order valence-corrected chi connectivity index (χ4v) is 2.01. The molecule has 0 spiro atoms. The van der Waals surface area contributed by atoms with E-state index in [2.05, 4.69) is 10.3 Å². The Bertz CT molecular complexity index is 581. The quantitative estimate of drug-likeness (QED) is 0.864. The average molecular weight is 260 g/mol. The molecule has 4 heteroatoms. The van der Waals surface area contributed by atoms with E-state index in [9.17, 15) is 4.79 Å². The average Bonchev–Trinajstić information content (AvgIpc) is 2.69. The monoisotopic (exact) mass is 260 g/mol. The van der Waals surface area contributed by atoms with Gasteiger partial charge in [-0.15, -0.1) is 0 Å². The molecule has 2 rings (SSSR count). The number of aromatic nitrogens is 1. The summed E-state index contributed by atoms with van der Waals surface area (Å²) in [5.41, 5.74) is 1.64. The molecule has 1 atom stereocenters. The molecule has 1 amide bonds. The first-order valence-corrected chi connectivity index (χ1v) is 6.42. The topological polar surface area (TPSA) is 54.1 Å². The van der Waals surface area contributed by atoms with Crippen molar-refractivity contribution in [3.63, 3.8) is 0 Å². The molecule has 0 radical (unpaired) electrons. The van der Waals surface area contributed by atoms with Crippen LogP contribution in [-0.2, 0) is 4.74 Å². The van der Waals surface area contributed by atoms with Gasteiger partial charge in [0.15, 0.2) is 0 Å². The fraction of sp³-hybridized carbons (Fsp3) is 0.400. The SMILES string of the molecule is C[C@H](NC(=O)OC(C)(C)C)c1c[nH]c2ccccc12. The standard InChI is InChI=1S/C15H20N2O2/c1-10(17-14(18)19-15(2,3)4)12-9-16-13-8-6-5-7-11(12)13/h5-10,16H,1-4H3,(H,17,18)/t10-/m0/s1. The van der Waals surface area contributed by atoms with Crippen molar-refractivity contribution >= 4 is 17.0 Å². The highest BCUT2D eigenvalue weighted by molar-refractivity contribution is 5.84. The molecule has 4 nitrogen and oxygen atoms in total. The second kappa shape index (κ2) is 4.96. The van der Waals surface area contributed by atoms with E-state index in [-0.39, 0.29) is 6.04 Å². The van der Waals surface area contributed by atoms with Crippen molar-refractivity contribution in [3.8, 4) is 0 Å². The lowest BCUT2D eigenvalue weighted by Crippen LogP contribution is -2.33. The van der Waals surface area contributed by atoms with Gasteiger partial charge in [-0.3, -0.25) is 0 Å². The minimum atomic E-state index is -0.482. The van der Waals surface area contributed by atoms with Crippen LogP contribution in [-0.4, -0.2) is 16.7 Å². The predicted molar refractivity (Wildman–Crippen MR) is 76.1 cm³/mol. The largest absolute Gasteiger partial charge is 0.444 e. The van der Waals surface area contributed by atoms with Crippen LogP contribution < -0.4 is 5.32 Å². The molecule has 1 heterocycles. The zero-order valence-corrected chi connectivity index (χ0v) is 11.8. The number of aromatic amines is 1. The Hall–Kier alpha value is -1.97. The third-order valence-corrected chi connectivity index (χ3v) is 2.82. The van der Waals surface area contributed by atoms with Gasteiger partial charge < -0.3 is 15.0 Å². The van der Waals surface area contributed by atoms with E-state index in [1.165, 1.54) is 0 Å². The molecule has 0 aliphatic rings. The number of amides is 1. The highest BCUT2D eigenvalue weighted by Gasteiger charge is 2.19. The zero-order chi connectivity index (χ0) is 14.0. The van der Waals surface area contributed by atoms with Crippen LogP contribution in [0.3, 0.4) is 0 Å². The molecule has 0 unspecified atom stereocenters. The minimum absolute atomic E-state index is 0.106. The molecule has 0 aliphatic heterocycles. The van der Waals surface area contributed by atoms with E-state index < -0.39 is 11.7 Å². The number of H-pyrrole nitrogens is 1. The molecule has 2 aromatic rings. The third kappa shape index (κ3) is 3.28. The first-order chi connectivity index (χ1) is 8.87. The molecule has 0 saturated heterocycles. The number of alkyl carbamates (subject to hydrolysis) is 1. The number of hydrogen-bond donors (Lipinski definition) is 2.